The minimum Gasteiger partial charge on any atom is -0.281 e. The quantitative estimate of drug-likeness (QED) is 0.473. The highest BCUT2D eigenvalue weighted by Gasteiger charge is 2.67. The fourth-order valence-electron chi connectivity index (χ4n) is 2.02. The summed E-state index contributed by atoms with van der Waals surface area (Å²) in [7, 11) is 0. The van der Waals surface area contributed by atoms with Crippen molar-refractivity contribution in [2.45, 2.75) is 16.4 Å². The summed E-state index contributed by atoms with van der Waals surface area (Å²) in [4.78, 5) is 11.2. The monoisotopic (exact) mass is 384 g/mol. The van der Waals surface area contributed by atoms with Gasteiger partial charge in [-0.2, -0.15) is 13.2 Å². The van der Waals surface area contributed by atoms with Gasteiger partial charge in [0.05, 0.1) is 21.5 Å². The van der Waals surface area contributed by atoms with Crippen LogP contribution >= 0.6 is 58.0 Å². The van der Waals surface area contributed by atoms with Crippen LogP contribution in [0.15, 0.2) is 12.1 Å². The molecule has 0 aromatic heterocycles. The first kappa shape index (κ1) is 16.5. The predicted octanol–water partition coefficient (Wildman–Crippen LogP) is 5.66. The van der Waals surface area contributed by atoms with Crippen LogP contribution in [-0.2, 0) is 11.0 Å². The molecule has 9 heteroatoms. The normalized spacial score (nSPS) is 24.6. The van der Waals surface area contributed by atoms with Crippen molar-refractivity contribution >= 4 is 63.2 Å². The van der Waals surface area contributed by atoms with Crippen LogP contribution in [0, 0.1) is 5.92 Å². The summed E-state index contributed by atoms with van der Waals surface area (Å²) in [5.41, 5.74) is -1.05. The molecule has 1 aromatic rings. The second kappa shape index (κ2) is 5.10. The molecule has 0 bridgehead atoms. The third-order valence-electron chi connectivity index (χ3n) is 3.01. The first-order valence-corrected chi connectivity index (χ1v) is 7.00. The molecule has 1 aliphatic carbocycles. The van der Waals surface area contributed by atoms with Gasteiger partial charge in [-0.1, -0.05) is 23.2 Å². The summed E-state index contributed by atoms with van der Waals surface area (Å²) in [6, 6.07) is 1.97. The second-order valence-corrected chi connectivity index (χ2v) is 6.90. The molecular weight excluding hydrogens is 382 g/mol. The van der Waals surface area contributed by atoms with Crippen LogP contribution in [0.5, 0.6) is 0 Å². The molecule has 2 rings (SSSR count). The van der Waals surface area contributed by atoms with E-state index in [1.54, 1.807) is 0 Å². The average molecular weight is 386 g/mol. The van der Waals surface area contributed by atoms with Crippen molar-refractivity contribution < 1.29 is 18.0 Å². The molecule has 0 aliphatic heterocycles. The number of hydrogen-bond acceptors (Lipinski definition) is 1. The Morgan fingerprint density at radius 1 is 1.20 bits per heavy atom. The third-order valence-corrected chi connectivity index (χ3v) is 4.99. The van der Waals surface area contributed by atoms with E-state index in [0.29, 0.717) is 0 Å². The van der Waals surface area contributed by atoms with E-state index in [-0.39, 0.29) is 10.6 Å². The van der Waals surface area contributed by atoms with Gasteiger partial charge in [-0.3, -0.25) is 4.79 Å². The van der Waals surface area contributed by atoms with E-state index in [4.69, 9.17) is 58.0 Å². The molecule has 20 heavy (non-hydrogen) atoms. The van der Waals surface area contributed by atoms with Crippen LogP contribution < -0.4 is 0 Å². The Morgan fingerprint density at radius 3 is 2.15 bits per heavy atom. The van der Waals surface area contributed by atoms with E-state index in [1.165, 1.54) is 6.07 Å². The van der Waals surface area contributed by atoms with E-state index in [1.807, 2.05) is 0 Å². The number of hydrogen-bond donors (Lipinski definition) is 0. The fraction of sp³-hybridized carbons (Fsp3) is 0.364. The lowest BCUT2D eigenvalue weighted by molar-refractivity contribution is -0.137. The topological polar surface area (TPSA) is 17.1 Å². The van der Waals surface area contributed by atoms with Crippen LogP contribution in [0.2, 0.25) is 10.0 Å². The van der Waals surface area contributed by atoms with Crippen molar-refractivity contribution in [2.24, 2.45) is 5.92 Å². The molecular formula is C11H4Cl5F3O. The Morgan fingerprint density at radius 2 is 1.75 bits per heavy atom. The van der Waals surface area contributed by atoms with Gasteiger partial charge in [0.2, 0.25) is 5.24 Å². The van der Waals surface area contributed by atoms with Crippen molar-refractivity contribution in [3.05, 3.63) is 33.3 Å². The number of benzene rings is 1. The van der Waals surface area contributed by atoms with E-state index in [2.05, 4.69) is 0 Å². The van der Waals surface area contributed by atoms with Gasteiger partial charge in [-0.15, -0.1) is 23.2 Å². The highest BCUT2D eigenvalue weighted by atomic mass is 35.5. The van der Waals surface area contributed by atoms with Gasteiger partial charge >= 0.3 is 6.18 Å². The number of carbonyl (C=O) groups is 1. The average Bonchev–Trinajstić information content (AvgIpc) is 2.84. The first-order chi connectivity index (χ1) is 8.98. The summed E-state index contributed by atoms with van der Waals surface area (Å²) >= 11 is 28.3. The zero-order valence-corrected chi connectivity index (χ0v) is 13.0. The Kier molecular flexibility index (Phi) is 4.20. The highest BCUT2D eigenvalue weighted by molar-refractivity contribution is 6.68. The van der Waals surface area contributed by atoms with Crippen LogP contribution in [0.4, 0.5) is 13.2 Å². The van der Waals surface area contributed by atoms with Gasteiger partial charge < -0.3 is 0 Å². The van der Waals surface area contributed by atoms with Gasteiger partial charge in [-0.25, -0.2) is 0 Å². The van der Waals surface area contributed by atoms with Crippen LogP contribution in [0.1, 0.15) is 17.0 Å². The summed E-state index contributed by atoms with van der Waals surface area (Å²) in [6.07, 6.45) is -4.69. The van der Waals surface area contributed by atoms with Crippen molar-refractivity contribution in [2.75, 3.05) is 0 Å². The van der Waals surface area contributed by atoms with Crippen molar-refractivity contribution in [3.8, 4) is 0 Å². The lowest BCUT2D eigenvalue weighted by Gasteiger charge is -2.12. The zero-order chi connectivity index (χ0) is 15.5. The zero-order valence-electron chi connectivity index (χ0n) is 9.24. The van der Waals surface area contributed by atoms with E-state index >= 15 is 0 Å². The van der Waals surface area contributed by atoms with E-state index < -0.39 is 38.2 Å². The Balaban J connectivity index is 2.51. The minimum absolute atomic E-state index is 0.0655. The van der Waals surface area contributed by atoms with Crippen LogP contribution in [-0.4, -0.2) is 9.58 Å². The van der Waals surface area contributed by atoms with Gasteiger partial charge in [0, 0.05) is 5.92 Å². The fourth-order valence-corrected chi connectivity index (χ4v) is 3.70. The van der Waals surface area contributed by atoms with Crippen LogP contribution in [0.3, 0.4) is 0 Å². The third kappa shape index (κ3) is 2.73. The molecule has 0 N–H and O–H groups in total. The largest absolute Gasteiger partial charge is 0.417 e. The Bertz CT molecular complexity index is 584. The molecule has 2 atom stereocenters. The maximum absolute atomic E-state index is 12.8. The standard InChI is InChI=1S/C11H4Cl5F3O/c12-5-2-3(1-4(8(5)13)11(17,18)19)6-7(9(14)20)10(6,15)16/h1-2,6-7H. The molecule has 1 saturated carbocycles. The summed E-state index contributed by atoms with van der Waals surface area (Å²) in [5.74, 6) is -1.84. The molecule has 0 spiro atoms. The number of alkyl halides is 5. The molecule has 0 radical (unpaired) electrons. The SMILES string of the molecule is O=C(Cl)C1C(c2cc(Cl)c(Cl)c(C(F)(F)F)c2)C1(Cl)Cl. The molecule has 1 aromatic carbocycles. The van der Waals surface area contributed by atoms with Crippen molar-refractivity contribution in [3.63, 3.8) is 0 Å². The maximum atomic E-state index is 12.8. The van der Waals surface area contributed by atoms with Crippen molar-refractivity contribution in [1.82, 2.24) is 0 Å². The molecule has 0 amide bonds. The number of carbonyl (C=O) groups excluding carboxylic acids is 1. The lowest BCUT2D eigenvalue weighted by atomic mass is 10.1. The van der Waals surface area contributed by atoms with E-state index in [9.17, 15) is 18.0 Å². The maximum Gasteiger partial charge on any atom is 0.417 e. The molecule has 1 fully saturated rings. The molecule has 1 aliphatic rings. The van der Waals surface area contributed by atoms with Crippen LogP contribution in [0.25, 0.3) is 0 Å². The lowest BCUT2D eigenvalue weighted by Crippen LogP contribution is -2.07. The Hall–Kier alpha value is 0.130. The summed E-state index contributed by atoms with van der Waals surface area (Å²) < 4.78 is 37.0. The smallest absolute Gasteiger partial charge is 0.281 e. The van der Waals surface area contributed by atoms with E-state index in [0.717, 1.165) is 6.07 Å². The molecule has 2 unspecified atom stereocenters. The molecule has 0 heterocycles. The number of halogens is 8. The first-order valence-electron chi connectivity index (χ1n) is 5.11. The second-order valence-electron chi connectivity index (χ2n) is 4.30. The molecule has 1 nitrogen and oxygen atoms in total. The van der Waals surface area contributed by atoms with Gasteiger partial charge in [0.1, 0.15) is 4.33 Å². The Labute approximate surface area is 136 Å². The summed E-state index contributed by atoms with van der Waals surface area (Å²) in [6.45, 7) is 0. The highest BCUT2D eigenvalue weighted by Crippen LogP contribution is 2.66. The summed E-state index contributed by atoms with van der Waals surface area (Å²) in [5, 5.41) is -1.74. The minimum atomic E-state index is -4.69. The molecule has 110 valence electrons. The van der Waals surface area contributed by atoms with Gasteiger partial charge in [-0.05, 0) is 29.3 Å². The number of rotatable bonds is 2. The van der Waals surface area contributed by atoms with Gasteiger partial charge in [0.15, 0.2) is 0 Å². The molecule has 0 saturated heterocycles. The predicted molar refractivity (Wildman–Crippen MR) is 73.0 cm³/mol. The van der Waals surface area contributed by atoms with Gasteiger partial charge in [0.25, 0.3) is 0 Å². The van der Waals surface area contributed by atoms with Crippen molar-refractivity contribution in [1.29, 1.82) is 0 Å².